The van der Waals surface area contributed by atoms with E-state index in [-0.39, 0.29) is 23.5 Å². The first-order chi connectivity index (χ1) is 15.4. The third-order valence-electron chi connectivity index (χ3n) is 6.35. The molecule has 3 aromatic carbocycles. The summed E-state index contributed by atoms with van der Waals surface area (Å²) in [5.74, 6) is 0.0514. The van der Waals surface area contributed by atoms with Gasteiger partial charge in [-0.05, 0) is 54.8 Å². The standard InChI is InChI=1S/C26H30N2O3S/c1-3-27(4-2)22-14-12-20(13-15-22)18-28(23-16-17-32(30,31)19-23)26(29)25-11-7-9-21-8-5-6-10-24(21)25/h5-15,23H,3-4,16-19H2,1-2H3/t23-/m0/s1. The van der Waals surface area contributed by atoms with Crippen LogP contribution in [-0.2, 0) is 16.4 Å². The highest BCUT2D eigenvalue weighted by atomic mass is 32.2. The van der Waals surface area contributed by atoms with E-state index in [2.05, 4.69) is 30.9 Å². The molecule has 1 heterocycles. The van der Waals surface area contributed by atoms with Crippen molar-refractivity contribution in [2.24, 2.45) is 0 Å². The summed E-state index contributed by atoms with van der Waals surface area (Å²) in [5.41, 5.74) is 2.76. The van der Waals surface area contributed by atoms with Gasteiger partial charge in [-0.1, -0.05) is 48.5 Å². The number of hydrogen-bond donors (Lipinski definition) is 0. The average molecular weight is 451 g/mol. The van der Waals surface area contributed by atoms with Gasteiger partial charge in [0.15, 0.2) is 9.84 Å². The van der Waals surface area contributed by atoms with Gasteiger partial charge in [0.2, 0.25) is 0 Å². The van der Waals surface area contributed by atoms with Gasteiger partial charge in [-0.2, -0.15) is 0 Å². The van der Waals surface area contributed by atoms with Gasteiger partial charge in [-0.3, -0.25) is 4.79 Å². The van der Waals surface area contributed by atoms with Crippen molar-refractivity contribution in [1.29, 1.82) is 0 Å². The molecule has 4 rings (SSSR count). The first-order valence-corrected chi connectivity index (χ1v) is 13.1. The van der Waals surface area contributed by atoms with E-state index in [1.54, 1.807) is 4.90 Å². The fourth-order valence-corrected chi connectivity index (χ4v) is 6.28. The Morgan fingerprint density at radius 1 is 0.938 bits per heavy atom. The summed E-state index contributed by atoms with van der Waals surface area (Å²) < 4.78 is 24.4. The van der Waals surface area contributed by atoms with Gasteiger partial charge in [0, 0.05) is 36.9 Å². The van der Waals surface area contributed by atoms with Crippen molar-refractivity contribution in [1.82, 2.24) is 4.90 Å². The molecule has 0 N–H and O–H groups in total. The Hall–Kier alpha value is -2.86. The minimum Gasteiger partial charge on any atom is -0.372 e. The molecular weight excluding hydrogens is 420 g/mol. The summed E-state index contributed by atoms with van der Waals surface area (Å²) in [4.78, 5) is 17.8. The normalized spacial score (nSPS) is 17.4. The fourth-order valence-electron chi connectivity index (χ4n) is 4.55. The number of sulfone groups is 1. The highest BCUT2D eigenvalue weighted by Crippen LogP contribution is 2.26. The van der Waals surface area contributed by atoms with Crippen LogP contribution in [0.3, 0.4) is 0 Å². The first kappa shape index (κ1) is 22.3. The molecule has 1 atom stereocenters. The molecule has 0 aliphatic carbocycles. The minimum atomic E-state index is -3.12. The smallest absolute Gasteiger partial charge is 0.255 e. The number of rotatable bonds is 7. The van der Waals surface area contributed by atoms with Gasteiger partial charge >= 0.3 is 0 Å². The number of amides is 1. The third-order valence-corrected chi connectivity index (χ3v) is 8.10. The average Bonchev–Trinajstić information content (AvgIpc) is 3.17. The van der Waals surface area contributed by atoms with Crippen LogP contribution in [0.1, 0.15) is 36.2 Å². The predicted molar refractivity (Wildman–Crippen MR) is 131 cm³/mol. The summed E-state index contributed by atoms with van der Waals surface area (Å²) in [7, 11) is -3.12. The first-order valence-electron chi connectivity index (χ1n) is 11.2. The zero-order valence-corrected chi connectivity index (χ0v) is 19.5. The van der Waals surface area contributed by atoms with Crippen LogP contribution in [-0.4, -0.2) is 49.9 Å². The molecule has 5 nitrogen and oxygen atoms in total. The van der Waals surface area contributed by atoms with Crippen molar-refractivity contribution in [3.63, 3.8) is 0 Å². The molecular formula is C26H30N2O3S. The van der Waals surface area contributed by atoms with Crippen LogP contribution in [0, 0.1) is 0 Å². The van der Waals surface area contributed by atoms with E-state index in [9.17, 15) is 13.2 Å². The van der Waals surface area contributed by atoms with Gasteiger partial charge in [-0.15, -0.1) is 0 Å². The lowest BCUT2D eigenvalue weighted by Crippen LogP contribution is -2.40. The van der Waals surface area contributed by atoms with Crippen molar-refractivity contribution in [2.45, 2.75) is 32.9 Å². The van der Waals surface area contributed by atoms with E-state index in [0.717, 1.165) is 35.1 Å². The monoisotopic (exact) mass is 450 g/mol. The Balaban J connectivity index is 1.67. The molecule has 32 heavy (non-hydrogen) atoms. The lowest BCUT2D eigenvalue weighted by molar-refractivity contribution is 0.0683. The second-order valence-electron chi connectivity index (χ2n) is 8.36. The minimum absolute atomic E-state index is 0.0288. The van der Waals surface area contributed by atoms with E-state index in [1.165, 1.54) is 0 Å². The number of anilines is 1. The van der Waals surface area contributed by atoms with E-state index >= 15 is 0 Å². The highest BCUT2D eigenvalue weighted by Gasteiger charge is 2.35. The second-order valence-corrected chi connectivity index (χ2v) is 10.6. The Kier molecular flexibility index (Phi) is 6.51. The summed E-state index contributed by atoms with van der Waals surface area (Å²) in [6.45, 7) is 6.51. The number of carbonyl (C=O) groups is 1. The second kappa shape index (κ2) is 9.33. The summed E-state index contributed by atoms with van der Waals surface area (Å²) in [6.07, 6.45) is 0.483. The quantitative estimate of drug-likeness (QED) is 0.531. The SMILES string of the molecule is CCN(CC)c1ccc(CN(C(=O)c2cccc3ccccc23)[C@H]2CCS(=O)(=O)C2)cc1. The number of hydrogen-bond acceptors (Lipinski definition) is 4. The summed E-state index contributed by atoms with van der Waals surface area (Å²) in [6, 6.07) is 21.5. The van der Waals surface area contributed by atoms with E-state index < -0.39 is 9.84 Å². The van der Waals surface area contributed by atoms with Crippen molar-refractivity contribution in [3.8, 4) is 0 Å². The maximum absolute atomic E-state index is 13.8. The van der Waals surface area contributed by atoms with Gasteiger partial charge in [0.05, 0.1) is 11.5 Å². The Labute approximate surface area is 190 Å². The van der Waals surface area contributed by atoms with Crippen molar-refractivity contribution in [2.75, 3.05) is 29.5 Å². The van der Waals surface area contributed by atoms with E-state index in [4.69, 9.17) is 0 Å². The van der Waals surface area contributed by atoms with Crippen molar-refractivity contribution < 1.29 is 13.2 Å². The summed E-state index contributed by atoms with van der Waals surface area (Å²) in [5, 5.41) is 1.89. The highest BCUT2D eigenvalue weighted by molar-refractivity contribution is 7.91. The fraction of sp³-hybridized carbons (Fsp3) is 0.346. The van der Waals surface area contributed by atoms with Gasteiger partial charge in [0.25, 0.3) is 5.91 Å². The number of fused-ring (bicyclic) bond motifs is 1. The molecule has 1 aliphatic heterocycles. The summed E-state index contributed by atoms with van der Waals surface area (Å²) >= 11 is 0. The van der Waals surface area contributed by atoms with Crippen LogP contribution in [0.25, 0.3) is 10.8 Å². The Morgan fingerprint density at radius 2 is 1.62 bits per heavy atom. The van der Waals surface area contributed by atoms with Crippen LogP contribution < -0.4 is 4.90 Å². The molecule has 0 aromatic heterocycles. The molecule has 0 bridgehead atoms. The molecule has 168 valence electrons. The van der Waals surface area contributed by atoms with E-state index in [1.807, 2.05) is 54.6 Å². The zero-order chi connectivity index (χ0) is 22.7. The predicted octanol–water partition coefficient (Wildman–Crippen LogP) is 4.52. The largest absolute Gasteiger partial charge is 0.372 e. The molecule has 1 aliphatic rings. The molecule has 1 saturated heterocycles. The maximum atomic E-state index is 13.8. The Morgan fingerprint density at radius 3 is 2.28 bits per heavy atom. The zero-order valence-electron chi connectivity index (χ0n) is 18.7. The van der Waals surface area contributed by atoms with Crippen LogP contribution >= 0.6 is 0 Å². The molecule has 3 aromatic rings. The van der Waals surface area contributed by atoms with Crippen molar-refractivity contribution in [3.05, 3.63) is 77.9 Å². The van der Waals surface area contributed by atoms with Crippen LogP contribution in [0.15, 0.2) is 66.7 Å². The number of carbonyl (C=O) groups excluding carboxylic acids is 1. The third kappa shape index (κ3) is 4.65. The van der Waals surface area contributed by atoms with Crippen molar-refractivity contribution >= 4 is 32.2 Å². The molecule has 1 amide bonds. The lowest BCUT2D eigenvalue weighted by Gasteiger charge is -2.29. The van der Waals surface area contributed by atoms with Gasteiger partial charge in [0.1, 0.15) is 0 Å². The molecule has 0 radical (unpaired) electrons. The topological polar surface area (TPSA) is 57.7 Å². The maximum Gasteiger partial charge on any atom is 0.255 e. The lowest BCUT2D eigenvalue weighted by atomic mass is 10.0. The van der Waals surface area contributed by atoms with E-state index in [0.29, 0.717) is 18.5 Å². The molecule has 1 fully saturated rings. The van der Waals surface area contributed by atoms with Gasteiger partial charge in [-0.25, -0.2) is 8.42 Å². The number of nitrogens with zero attached hydrogens (tertiary/aromatic N) is 2. The van der Waals surface area contributed by atoms with Crippen LogP contribution in [0.5, 0.6) is 0 Å². The van der Waals surface area contributed by atoms with Gasteiger partial charge < -0.3 is 9.80 Å². The Bertz CT molecular complexity index is 1200. The molecule has 0 spiro atoms. The van der Waals surface area contributed by atoms with Crippen LogP contribution in [0.2, 0.25) is 0 Å². The molecule has 0 unspecified atom stereocenters. The number of benzene rings is 3. The molecule has 0 saturated carbocycles. The van der Waals surface area contributed by atoms with Crippen LogP contribution in [0.4, 0.5) is 5.69 Å². The molecule has 6 heteroatoms.